The minimum Gasteiger partial charge on any atom is -0.487 e. The smallest absolute Gasteiger partial charge is 0.264 e. The molecule has 0 unspecified atom stereocenters. The SMILES string of the molecule is C=CCOc1c(I)cc(/C=C2\SC(=Nc3cccc(Br)c3)NC2=O)cc1I. The van der Waals surface area contributed by atoms with Gasteiger partial charge in [-0.3, -0.25) is 4.79 Å². The third-order valence-electron chi connectivity index (χ3n) is 3.35. The van der Waals surface area contributed by atoms with Crippen LogP contribution < -0.4 is 10.1 Å². The Balaban J connectivity index is 1.83. The van der Waals surface area contributed by atoms with Gasteiger partial charge in [0.1, 0.15) is 12.4 Å². The maximum atomic E-state index is 12.3. The van der Waals surface area contributed by atoms with Gasteiger partial charge in [-0.1, -0.05) is 34.7 Å². The summed E-state index contributed by atoms with van der Waals surface area (Å²) in [5.41, 5.74) is 1.72. The lowest BCUT2D eigenvalue weighted by Crippen LogP contribution is -2.19. The maximum Gasteiger partial charge on any atom is 0.264 e. The minimum absolute atomic E-state index is 0.147. The molecule has 1 aliphatic rings. The van der Waals surface area contributed by atoms with Crippen LogP contribution in [0.5, 0.6) is 5.75 Å². The topological polar surface area (TPSA) is 50.7 Å². The molecular weight excluding hydrogens is 654 g/mol. The molecule has 0 aromatic heterocycles. The molecular formula is C19H13BrI2N2O2S. The number of rotatable bonds is 5. The zero-order chi connectivity index (χ0) is 19.4. The number of thioether (sulfide) groups is 1. The average molecular weight is 667 g/mol. The molecule has 1 amide bonds. The van der Waals surface area contributed by atoms with Crippen LogP contribution in [0.4, 0.5) is 5.69 Å². The number of halogens is 3. The van der Waals surface area contributed by atoms with Gasteiger partial charge in [0.2, 0.25) is 0 Å². The summed E-state index contributed by atoms with van der Waals surface area (Å²) in [6.45, 7) is 4.13. The van der Waals surface area contributed by atoms with Crippen molar-refractivity contribution < 1.29 is 9.53 Å². The van der Waals surface area contributed by atoms with E-state index < -0.39 is 0 Å². The highest BCUT2D eigenvalue weighted by Crippen LogP contribution is 2.33. The van der Waals surface area contributed by atoms with Crippen LogP contribution in [0.25, 0.3) is 6.08 Å². The van der Waals surface area contributed by atoms with Crippen LogP contribution >= 0.6 is 72.9 Å². The number of nitrogens with one attached hydrogen (secondary N) is 1. The van der Waals surface area contributed by atoms with Crippen molar-refractivity contribution in [3.8, 4) is 5.75 Å². The van der Waals surface area contributed by atoms with Crippen LogP contribution in [-0.4, -0.2) is 17.7 Å². The first-order chi connectivity index (χ1) is 13.0. The molecule has 138 valence electrons. The number of amidine groups is 1. The number of benzene rings is 2. The summed E-state index contributed by atoms with van der Waals surface area (Å²) in [7, 11) is 0. The van der Waals surface area contributed by atoms with Crippen LogP contribution in [0.15, 0.2) is 63.4 Å². The molecule has 0 radical (unpaired) electrons. The number of aliphatic imine (C=N–C) groups is 1. The second-order valence-electron chi connectivity index (χ2n) is 5.37. The number of hydrogen-bond donors (Lipinski definition) is 1. The van der Waals surface area contributed by atoms with Crippen molar-refractivity contribution in [1.29, 1.82) is 0 Å². The lowest BCUT2D eigenvalue weighted by Gasteiger charge is -2.09. The molecule has 1 heterocycles. The lowest BCUT2D eigenvalue weighted by molar-refractivity contribution is -0.115. The van der Waals surface area contributed by atoms with Crippen molar-refractivity contribution >= 4 is 95.7 Å². The van der Waals surface area contributed by atoms with Crippen molar-refractivity contribution in [1.82, 2.24) is 5.32 Å². The van der Waals surface area contributed by atoms with Gasteiger partial charge in [-0.2, -0.15) is 0 Å². The molecule has 0 aliphatic carbocycles. The fourth-order valence-electron chi connectivity index (χ4n) is 2.24. The average Bonchev–Trinajstić information content (AvgIpc) is 2.93. The molecule has 8 heteroatoms. The monoisotopic (exact) mass is 666 g/mol. The molecule has 3 rings (SSSR count). The fourth-order valence-corrected chi connectivity index (χ4v) is 5.59. The number of carbonyl (C=O) groups is 1. The van der Waals surface area contributed by atoms with Gasteiger partial charge in [-0.25, -0.2) is 4.99 Å². The standard InChI is InChI=1S/C19H13BrI2N2O2S/c1-2-6-26-17-14(21)7-11(8-15(17)22)9-16-18(25)24-19(27-16)23-13-5-3-4-12(20)10-13/h2-5,7-10H,1,6H2,(H,23,24,25)/b16-9-. The van der Waals surface area contributed by atoms with Gasteiger partial charge in [-0.15, -0.1) is 0 Å². The molecule has 0 atom stereocenters. The zero-order valence-electron chi connectivity index (χ0n) is 13.8. The highest BCUT2D eigenvalue weighted by Gasteiger charge is 2.24. The number of ether oxygens (including phenoxy) is 1. The van der Waals surface area contributed by atoms with Crippen molar-refractivity contribution in [3.05, 3.63) is 71.1 Å². The van der Waals surface area contributed by atoms with Gasteiger partial charge in [0, 0.05) is 4.47 Å². The Morgan fingerprint density at radius 3 is 2.67 bits per heavy atom. The number of nitrogens with zero attached hydrogens (tertiary/aromatic N) is 1. The summed E-state index contributed by atoms with van der Waals surface area (Å²) in [4.78, 5) is 17.4. The Morgan fingerprint density at radius 1 is 1.26 bits per heavy atom. The molecule has 27 heavy (non-hydrogen) atoms. The van der Waals surface area contributed by atoms with Crippen molar-refractivity contribution in [2.45, 2.75) is 0 Å². The van der Waals surface area contributed by atoms with E-state index >= 15 is 0 Å². The second kappa shape index (κ2) is 9.57. The summed E-state index contributed by atoms with van der Waals surface area (Å²) >= 11 is 9.23. The van der Waals surface area contributed by atoms with E-state index in [0.717, 1.165) is 28.6 Å². The Labute approximate surface area is 197 Å². The van der Waals surface area contributed by atoms with Gasteiger partial charge >= 0.3 is 0 Å². The fraction of sp³-hybridized carbons (Fsp3) is 0.0526. The van der Waals surface area contributed by atoms with Crippen molar-refractivity contribution in [3.63, 3.8) is 0 Å². The van der Waals surface area contributed by atoms with Crippen LogP contribution in [-0.2, 0) is 4.79 Å². The molecule has 4 nitrogen and oxygen atoms in total. The summed E-state index contributed by atoms with van der Waals surface area (Å²) in [6, 6.07) is 11.6. The predicted octanol–water partition coefficient (Wildman–Crippen LogP) is 6.11. The van der Waals surface area contributed by atoms with Crippen LogP contribution in [0.1, 0.15) is 5.56 Å². The highest BCUT2D eigenvalue weighted by molar-refractivity contribution is 14.1. The van der Waals surface area contributed by atoms with Gasteiger partial charge in [0.05, 0.1) is 17.7 Å². The van der Waals surface area contributed by atoms with E-state index in [4.69, 9.17) is 4.74 Å². The molecule has 1 saturated heterocycles. The summed E-state index contributed by atoms with van der Waals surface area (Å²) in [5.74, 6) is 0.685. The Morgan fingerprint density at radius 2 is 2.00 bits per heavy atom. The van der Waals surface area contributed by atoms with Crippen LogP contribution in [0.2, 0.25) is 0 Å². The molecule has 1 aliphatic heterocycles. The first-order valence-electron chi connectivity index (χ1n) is 7.74. The van der Waals surface area contributed by atoms with E-state index in [2.05, 4.69) is 78.0 Å². The molecule has 2 aromatic rings. The van der Waals surface area contributed by atoms with E-state index in [0.29, 0.717) is 16.7 Å². The van der Waals surface area contributed by atoms with Crippen LogP contribution in [0, 0.1) is 7.14 Å². The normalized spacial score (nSPS) is 16.6. The van der Waals surface area contributed by atoms with E-state index in [1.54, 1.807) is 6.08 Å². The Bertz CT molecular complexity index is 953. The Kier molecular flexibility index (Phi) is 7.40. The first kappa shape index (κ1) is 20.9. The van der Waals surface area contributed by atoms with Gasteiger partial charge in [-0.05, 0) is 98.9 Å². The van der Waals surface area contributed by atoms with Gasteiger partial charge in [0.25, 0.3) is 5.91 Å². The van der Waals surface area contributed by atoms with Crippen LogP contribution in [0.3, 0.4) is 0 Å². The maximum absolute atomic E-state index is 12.3. The summed E-state index contributed by atoms with van der Waals surface area (Å²) in [6.07, 6.45) is 3.58. The van der Waals surface area contributed by atoms with Crippen molar-refractivity contribution in [2.75, 3.05) is 6.61 Å². The zero-order valence-corrected chi connectivity index (χ0v) is 20.6. The molecule has 1 N–H and O–H groups in total. The molecule has 1 fully saturated rings. The van der Waals surface area contributed by atoms with Crippen molar-refractivity contribution in [2.24, 2.45) is 4.99 Å². The van der Waals surface area contributed by atoms with E-state index in [9.17, 15) is 4.79 Å². The summed E-state index contributed by atoms with van der Waals surface area (Å²) in [5, 5.41) is 3.38. The lowest BCUT2D eigenvalue weighted by atomic mass is 10.2. The number of amides is 1. The summed E-state index contributed by atoms with van der Waals surface area (Å²) < 4.78 is 8.61. The molecule has 0 bridgehead atoms. The largest absolute Gasteiger partial charge is 0.487 e. The van der Waals surface area contributed by atoms with E-state index in [1.807, 2.05) is 42.5 Å². The molecule has 0 spiro atoms. The number of hydrogen-bond acceptors (Lipinski definition) is 4. The third kappa shape index (κ3) is 5.58. The minimum atomic E-state index is -0.147. The van der Waals surface area contributed by atoms with E-state index in [-0.39, 0.29) is 5.91 Å². The predicted molar refractivity (Wildman–Crippen MR) is 133 cm³/mol. The highest BCUT2D eigenvalue weighted by atomic mass is 127. The number of carbonyl (C=O) groups excluding carboxylic acids is 1. The van der Waals surface area contributed by atoms with Gasteiger partial charge < -0.3 is 10.1 Å². The second-order valence-corrected chi connectivity index (χ2v) is 9.65. The molecule has 2 aromatic carbocycles. The van der Waals surface area contributed by atoms with Gasteiger partial charge in [0.15, 0.2) is 5.17 Å². The third-order valence-corrected chi connectivity index (χ3v) is 6.36. The first-order valence-corrected chi connectivity index (χ1v) is 11.5. The quantitative estimate of drug-likeness (QED) is 0.238. The molecule has 0 saturated carbocycles. The van der Waals surface area contributed by atoms with E-state index in [1.165, 1.54) is 11.8 Å². The Hall–Kier alpha value is -0.850.